The minimum absolute atomic E-state index is 0.171. The smallest absolute Gasteiger partial charge is 0.134 e. The van der Waals surface area contributed by atoms with Gasteiger partial charge in [-0.2, -0.15) is 0 Å². The van der Waals surface area contributed by atoms with E-state index in [-0.39, 0.29) is 5.56 Å². The van der Waals surface area contributed by atoms with Crippen LogP contribution in [0.15, 0.2) is 12.1 Å². The molecule has 0 aliphatic carbocycles. The third kappa shape index (κ3) is 4.27. The van der Waals surface area contributed by atoms with Crippen LogP contribution in [0.1, 0.15) is 63.2 Å². The van der Waals surface area contributed by atoms with Crippen molar-refractivity contribution in [1.82, 2.24) is 0 Å². The lowest BCUT2D eigenvalue weighted by atomic mass is 9.90. The van der Waals surface area contributed by atoms with E-state index in [0.717, 1.165) is 25.7 Å². The molecule has 19 heavy (non-hydrogen) atoms. The van der Waals surface area contributed by atoms with E-state index in [9.17, 15) is 13.9 Å². The number of aryl methyl sites for hydroxylation is 1. The molecule has 1 aromatic rings. The number of rotatable bonds is 7. The van der Waals surface area contributed by atoms with E-state index in [2.05, 4.69) is 13.8 Å². The summed E-state index contributed by atoms with van der Waals surface area (Å²) in [5.41, 5.74) is 0.201. The molecule has 0 aromatic heterocycles. The van der Waals surface area contributed by atoms with Crippen molar-refractivity contribution in [2.75, 3.05) is 0 Å². The summed E-state index contributed by atoms with van der Waals surface area (Å²) in [7, 11) is 0. The Morgan fingerprint density at radius 3 is 2.47 bits per heavy atom. The predicted octanol–water partition coefficient (Wildman–Crippen LogP) is 4.91. The average Bonchev–Trinajstić information content (AvgIpc) is 2.39. The van der Waals surface area contributed by atoms with Gasteiger partial charge in [0.15, 0.2) is 0 Å². The molecule has 0 aliphatic heterocycles. The first kappa shape index (κ1) is 16.1. The zero-order valence-electron chi connectivity index (χ0n) is 12.0. The van der Waals surface area contributed by atoms with Gasteiger partial charge in [0.05, 0.1) is 11.7 Å². The molecule has 2 unspecified atom stereocenters. The van der Waals surface area contributed by atoms with Crippen LogP contribution < -0.4 is 0 Å². The summed E-state index contributed by atoms with van der Waals surface area (Å²) >= 11 is 0. The molecular weight excluding hydrogens is 246 g/mol. The van der Waals surface area contributed by atoms with Crippen molar-refractivity contribution in [1.29, 1.82) is 0 Å². The molecule has 2 atom stereocenters. The van der Waals surface area contributed by atoms with Gasteiger partial charge >= 0.3 is 0 Å². The fraction of sp³-hybridized carbons (Fsp3) is 0.625. The molecule has 0 bridgehead atoms. The summed E-state index contributed by atoms with van der Waals surface area (Å²) in [5.74, 6) is -0.951. The second-order valence-corrected chi connectivity index (χ2v) is 5.26. The zero-order chi connectivity index (χ0) is 14.4. The maximum absolute atomic E-state index is 13.9. The topological polar surface area (TPSA) is 20.2 Å². The minimum Gasteiger partial charge on any atom is -0.388 e. The molecular formula is C16H24F2O. The minimum atomic E-state index is -1.05. The highest BCUT2D eigenvalue weighted by Gasteiger charge is 2.22. The van der Waals surface area contributed by atoms with Gasteiger partial charge < -0.3 is 5.11 Å². The lowest BCUT2D eigenvalue weighted by Gasteiger charge is -2.20. The molecule has 1 rings (SSSR count). The van der Waals surface area contributed by atoms with Gasteiger partial charge in [-0.3, -0.25) is 0 Å². The van der Waals surface area contributed by atoms with Crippen LogP contribution in [-0.4, -0.2) is 5.11 Å². The molecule has 1 nitrogen and oxygen atoms in total. The maximum Gasteiger partial charge on any atom is 0.134 e. The number of halogens is 2. The molecule has 0 aliphatic rings. The summed E-state index contributed by atoms with van der Waals surface area (Å²) in [5, 5.41) is 10.1. The van der Waals surface area contributed by atoms with Crippen LogP contribution in [0.4, 0.5) is 8.78 Å². The molecule has 0 radical (unpaired) electrons. The Balaban J connectivity index is 2.82. The summed E-state index contributed by atoms with van der Waals surface area (Å²) in [6, 6.07) is 2.62. The SMILES string of the molecule is CCCCC(CC)CC(O)c1c(F)ccc(C)c1F. The van der Waals surface area contributed by atoms with E-state index in [0.29, 0.717) is 17.9 Å². The first-order valence-corrected chi connectivity index (χ1v) is 7.13. The molecule has 0 amide bonds. The zero-order valence-corrected chi connectivity index (χ0v) is 12.0. The molecule has 0 heterocycles. The highest BCUT2D eigenvalue weighted by Crippen LogP contribution is 2.30. The number of unbranched alkanes of at least 4 members (excludes halogenated alkanes) is 1. The van der Waals surface area contributed by atoms with Crippen LogP contribution in [-0.2, 0) is 0 Å². The van der Waals surface area contributed by atoms with Crippen molar-refractivity contribution in [3.63, 3.8) is 0 Å². The Hall–Kier alpha value is -0.960. The number of benzene rings is 1. The van der Waals surface area contributed by atoms with Crippen molar-refractivity contribution in [2.45, 2.75) is 59.0 Å². The van der Waals surface area contributed by atoms with E-state index in [1.54, 1.807) is 6.92 Å². The van der Waals surface area contributed by atoms with Crippen molar-refractivity contribution in [3.8, 4) is 0 Å². The van der Waals surface area contributed by atoms with Gasteiger partial charge in [-0.15, -0.1) is 0 Å². The maximum atomic E-state index is 13.9. The fourth-order valence-electron chi connectivity index (χ4n) is 2.40. The quantitative estimate of drug-likeness (QED) is 0.746. The normalized spacial score (nSPS) is 14.4. The lowest BCUT2D eigenvalue weighted by molar-refractivity contribution is 0.131. The van der Waals surface area contributed by atoms with Crippen LogP contribution in [0.5, 0.6) is 0 Å². The van der Waals surface area contributed by atoms with Gasteiger partial charge in [0.25, 0.3) is 0 Å². The van der Waals surface area contributed by atoms with Crippen LogP contribution in [0.25, 0.3) is 0 Å². The van der Waals surface area contributed by atoms with Crippen molar-refractivity contribution in [3.05, 3.63) is 34.9 Å². The van der Waals surface area contributed by atoms with Crippen molar-refractivity contribution >= 4 is 0 Å². The summed E-state index contributed by atoms with van der Waals surface area (Å²) < 4.78 is 27.6. The Kier molecular flexibility index (Phi) is 6.43. The van der Waals surface area contributed by atoms with Gasteiger partial charge in [0.1, 0.15) is 11.6 Å². The molecule has 0 spiro atoms. The van der Waals surface area contributed by atoms with Gasteiger partial charge in [-0.05, 0) is 30.9 Å². The van der Waals surface area contributed by atoms with Crippen LogP contribution >= 0.6 is 0 Å². The van der Waals surface area contributed by atoms with Crippen molar-refractivity contribution < 1.29 is 13.9 Å². The van der Waals surface area contributed by atoms with Gasteiger partial charge in [0.2, 0.25) is 0 Å². The molecule has 1 N–H and O–H groups in total. The number of hydrogen-bond donors (Lipinski definition) is 1. The van der Waals surface area contributed by atoms with Crippen LogP contribution in [0.3, 0.4) is 0 Å². The van der Waals surface area contributed by atoms with Crippen LogP contribution in [0.2, 0.25) is 0 Å². The first-order valence-electron chi connectivity index (χ1n) is 7.13. The molecule has 3 heteroatoms. The molecule has 1 aromatic carbocycles. The fourth-order valence-corrected chi connectivity index (χ4v) is 2.40. The third-order valence-corrected chi connectivity index (χ3v) is 3.75. The largest absolute Gasteiger partial charge is 0.388 e. The van der Waals surface area contributed by atoms with E-state index in [1.807, 2.05) is 0 Å². The summed E-state index contributed by atoms with van der Waals surface area (Å²) in [4.78, 5) is 0. The monoisotopic (exact) mass is 270 g/mol. The summed E-state index contributed by atoms with van der Waals surface area (Å²) in [6.07, 6.45) is 3.48. The molecule has 0 saturated heterocycles. The molecule has 0 saturated carbocycles. The first-order chi connectivity index (χ1) is 9.01. The average molecular weight is 270 g/mol. The van der Waals surface area contributed by atoms with E-state index in [4.69, 9.17) is 0 Å². The highest BCUT2D eigenvalue weighted by atomic mass is 19.1. The highest BCUT2D eigenvalue weighted by molar-refractivity contribution is 5.28. The van der Waals surface area contributed by atoms with E-state index < -0.39 is 17.7 Å². The van der Waals surface area contributed by atoms with Gasteiger partial charge in [0, 0.05) is 0 Å². The third-order valence-electron chi connectivity index (χ3n) is 3.75. The lowest BCUT2D eigenvalue weighted by Crippen LogP contribution is -2.11. The predicted molar refractivity (Wildman–Crippen MR) is 74.0 cm³/mol. The standard InChI is InChI=1S/C16H24F2O/c1-4-6-7-12(5-2)10-14(19)15-13(17)9-8-11(3)16(15)18/h8-9,12,14,19H,4-7,10H2,1-3H3. The second kappa shape index (κ2) is 7.59. The second-order valence-electron chi connectivity index (χ2n) is 5.26. The number of aliphatic hydroxyl groups is 1. The number of aliphatic hydroxyl groups excluding tert-OH is 1. The van der Waals surface area contributed by atoms with Crippen LogP contribution in [0, 0.1) is 24.5 Å². The van der Waals surface area contributed by atoms with Gasteiger partial charge in [-0.25, -0.2) is 8.78 Å². The Morgan fingerprint density at radius 1 is 1.21 bits per heavy atom. The van der Waals surface area contributed by atoms with Gasteiger partial charge in [-0.1, -0.05) is 45.6 Å². The number of hydrogen-bond acceptors (Lipinski definition) is 1. The van der Waals surface area contributed by atoms with Crippen molar-refractivity contribution in [2.24, 2.45) is 5.92 Å². The Bertz CT molecular complexity index is 404. The molecule has 108 valence electrons. The van der Waals surface area contributed by atoms with E-state index in [1.165, 1.54) is 12.1 Å². The molecule has 0 fully saturated rings. The summed E-state index contributed by atoms with van der Waals surface area (Å²) in [6.45, 7) is 5.75. The Morgan fingerprint density at radius 2 is 1.89 bits per heavy atom. The Labute approximate surface area is 114 Å². The van der Waals surface area contributed by atoms with E-state index >= 15 is 0 Å².